The first-order valence-electron chi connectivity index (χ1n) is 4.74. The van der Waals surface area contributed by atoms with Crippen molar-refractivity contribution >= 4 is 17.4 Å². The summed E-state index contributed by atoms with van der Waals surface area (Å²) in [5.74, 6) is 0.741. The number of alkyl halides is 1. The molecule has 0 N–H and O–H groups in total. The van der Waals surface area contributed by atoms with Gasteiger partial charge in [-0.05, 0) is 0 Å². The number of aliphatic imine (C=N–C) groups is 1. The lowest BCUT2D eigenvalue weighted by atomic mass is 10.1. The molecule has 1 saturated heterocycles. The third kappa shape index (κ3) is 1.58. The standard InChI is InChI=1S/C9H12ClN3O/c10-9(7-11)1-2-12-8(9)13-3-5-14-6-4-13/h1-6H2. The lowest BCUT2D eigenvalue weighted by Gasteiger charge is -2.32. The zero-order valence-electron chi connectivity index (χ0n) is 7.87. The number of rotatable bonds is 0. The Kier molecular flexibility index (Phi) is 2.62. The third-order valence-electron chi connectivity index (χ3n) is 2.56. The lowest BCUT2D eigenvalue weighted by Crippen LogP contribution is -2.47. The van der Waals surface area contributed by atoms with Crippen LogP contribution in [0.2, 0.25) is 0 Å². The molecule has 1 atom stereocenters. The van der Waals surface area contributed by atoms with Gasteiger partial charge in [-0.25, -0.2) is 0 Å². The molecule has 0 saturated carbocycles. The van der Waals surface area contributed by atoms with E-state index in [0.717, 1.165) is 18.9 Å². The molecule has 4 nitrogen and oxygen atoms in total. The SMILES string of the molecule is N#CC1(Cl)CCN=C1N1CCOCC1. The van der Waals surface area contributed by atoms with Gasteiger partial charge in [-0.3, -0.25) is 4.99 Å². The molecule has 2 heterocycles. The van der Waals surface area contributed by atoms with E-state index in [1.54, 1.807) is 0 Å². The van der Waals surface area contributed by atoms with Crippen LogP contribution in [-0.4, -0.2) is 48.5 Å². The number of amidine groups is 1. The van der Waals surface area contributed by atoms with E-state index in [1.165, 1.54) is 0 Å². The number of hydrogen-bond donors (Lipinski definition) is 0. The number of morpholine rings is 1. The Morgan fingerprint density at radius 3 is 2.86 bits per heavy atom. The summed E-state index contributed by atoms with van der Waals surface area (Å²) < 4.78 is 5.24. The van der Waals surface area contributed by atoms with Crippen LogP contribution in [-0.2, 0) is 4.74 Å². The van der Waals surface area contributed by atoms with Gasteiger partial charge in [-0.2, -0.15) is 5.26 Å². The average Bonchev–Trinajstić information content (AvgIpc) is 2.63. The van der Waals surface area contributed by atoms with E-state index in [9.17, 15) is 0 Å². The van der Waals surface area contributed by atoms with Gasteiger partial charge in [0, 0.05) is 26.1 Å². The fourth-order valence-corrected chi connectivity index (χ4v) is 2.05. The van der Waals surface area contributed by atoms with E-state index in [2.05, 4.69) is 16.0 Å². The van der Waals surface area contributed by atoms with Gasteiger partial charge in [0.05, 0.1) is 19.3 Å². The molecule has 1 fully saturated rings. The molecular weight excluding hydrogens is 202 g/mol. The van der Waals surface area contributed by atoms with Gasteiger partial charge in [0.15, 0.2) is 4.87 Å². The molecule has 76 valence electrons. The Hall–Kier alpha value is -0.790. The van der Waals surface area contributed by atoms with Gasteiger partial charge in [-0.15, -0.1) is 0 Å². The molecule has 0 bridgehead atoms. The van der Waals surface area contributed by atoms with E-state index < -0.39 is 4.87 Å². The van der Waals surface area contributed by atoms with E-state index in [0.29, 0.717) is 26.2 Å². The van der Waals surface area contributed by atoms with E-state index in [4.69, 9.17) is 21.6 Å². The maximum absolute atomic E-state index is 9.01. The number of ether oxygens (including phenoxy) is 1. The largest absolute Gasteiger partial charge is 0.378 e. The highest BCUT2D eigenvalue weighted by molar-refractivity contribution is 6.38. The maximum atomic E-state index is 9.01. The van der Waals surface area contributed by atoms with Crippen LogP contribution >= 0.6 is 11.6 Å². The highest BCUT2D eigenvalue weighted by Crippen LogP contribution is 2.28. The van der Waals surface area contributed by atoms with Crippen molar-refractivity contribution < 1.29 is 4.74 Å². The van der Waals surface area contributed by atoms with Crippen LogP contribution in [0.4, 0.5) is 0 Å². The summed E-state index contributed by atoms with van der Waals surface area (Å²) in [7, 11) is 0. The molecule has 14 heavy (non-hydrogen) atoms. The summed E-state index contributed by atoms with van der Waals surface area (Å²) in [6.07, 6.45) is 0.623. The summed E-state index contributed by atoms with van der Waals surface area (Å²) in [5, 5.41) is 9.01. The van der Waals surface area contributed by atoms with Crippen molar-refractivity contribution in [2.45, 2.75) is 11.3 Å². The third-order valence-corrected chi connectivity index (χ3v) is 3.00. The average molecular weight is 214 g/mol. The second-order valence-corrected chi connectivity index (χ2v) is 4.11. The van der Waals surface area contributed by atoms with E-state index in [-0.39, 0.29) is 0 Å². The molecule has 0 spiro atoms. The Morgan fingerprint density at radius 2 is 2.21 bits per heavy atom. The molecule has 0 aromatic carbocycles. The molecule has 2 aliphatic rings. The highest BCUT2D eigenvalue weighted by Gasteiger charge is 2.40. The van der Waals surface area contributed by atoms with Crippen molar-refractivity contribution in [2.24, 2.45) is 4.99 Å². The van der Waals surface area contributed by atoms with Crippen LogP contribution in [0.5, 0.6) is 0 Å². The maximum Gasteiger partial charge on any atom is 0.189 e. The molecule has 0 radical (unpaired) electrons. The molecule has 2 rings (SSSR count). The van der Waals surface area contributed by atoms with Crippen LogP contribution in [0.1, 0.15) is 6.42 Å². The number of nitrogens with zero attached hydrogens (tertiary/aromatic N) is 3. The molecule has 0 aliphatic carbocycles. The van der Waals surface area contributed by atoms with Crippen molar-refractivity contribution in [3.8, 4) is 6.07 Å². The molecule has 0 amide bonds. The van der Waals surface area contributed by atoms with Crippen molar-refractivity contribution in [2.75, 3.05) is 32.8 Å². The van der Waals surface area contributed by atoms with E-state index in [1.807, 2.05) is 0 Å². The minimum absolute atomic E-state index is 0.623. The predicted molar refractivity (Wildman–Crippen MR) is 53.5 cm³/mol. The van der Waals surface area contributed by atoms with Crippen LogP contribution in [0.25, 0.3) is 0 Å². The van der Waals surface area contributed by atoms with Crippen LogP contribution in [0.15, 0.2) is 4.99 Å². The zero-order chi connectivity index (χ0) is 10.0. The Bertz CT molecular complexity index is 293. The first kappa shape index (κ1) is 9.75. The van der Waals surface area contributed by atoms with Gasteiger partial charge in [0.25, 0.3) is 0 Å². The molecule has 2 aliphatic heterocycles. The van der Waals surface area contributed by atoms with Crippen LogP contribution in [0, 0.1) is 11.3 Å². The van der Waals surface area contributed by atoms with Crippen LogP contribution < -0.4 is 0 Å². The molecule has 5 heteroatoms. The summed E-state index contributed by atoms with van der Waals surface area (Å²) >= 11 is 6.18. The molecular formula is C9H12ClN3O. The van der Waals surface area contributed by atoms with Gasteiger partial charge in [0.2, 0.25) is 0 Å². The Labute approximate surface area is 88.1 Å². The summed E-state index contributed by atoms with van der Waals surface area (Å²) in [6.45, 7) is 3.61. The van der Waals surface area contributed by atoms with E-state index >= 15 is 0 Å². The van der Waals surface area contributed by atoms with Gasteiger partial charge < -0.3 is 9.64 Å². The smallest absolute Gasteiger partial charge is 0.189 e. The second-order valence-electron chi connectivity index (χ2n) is 3.47. The quantitative estimate of drug-likeness (QED) is 0.555. The first-order chi connectivity index (χ1) is 6.76. The van der Waals surface area contributed by atoms with Crippen molar-refractivity contribution in [3.05, 3.63) is 0 Å². The first-order valence-corrected chi connectivity index (χ1v) is 5.12. The van der Waals surface area contributed by atoms with Gasteiger partial charge >= 0.3 is 0 Å². The highest BCUT2D eigenvalue weighted by atomic mass is 35.5. The Morgan fingerprint density at radius 1 is 1.50 bits per heavy atom. The van der Waals surface area contributed by atoms with Crippen molar-refractivity contribution in [1.82, 2.24) is 4.90 Å². The minimum atomic E-state index is -0.892. The summed E-state index contributed by atoms with van der Waals surface area (Å²) in [6, 6.07) is 2.14. The fraction of sp³-hybridized carbons (Fsp3) is 0.778. The second kappa shape index (κ2) is 3.76. The predicted octanol–water partition coefficient (Wildman–Crippen LogP) is 0.622. The van der Waals surface area contributed by atoms with Gasteiger partial charge in [0.1, 0.15) is 5.84 Å². The van der Waals surface area contributed by atoms with Gasteiger partial charge in [-0.1, -0.05) is 11.6 Å². The molecule has 0 aromatic heterocycles. The van der Waals surface area contributed by atoms with Crippen molar-refractivity contribution in [1.29, 1.82) is 5.26 Å². The Balaban J connectivity index is 2.13. The monoisotopic (exact) mass is 213 g/mol. The topological polar surface area (TPSA) is 48.6 Å². The minimum Gasteiger partial charge on any atom is -0.378 e. The zero-order valence-corrected chi connectivity index (χ0v) is 8.63. The van der Waals surface area contributed by atoms with Crippen molar-refractivity contribution in [3.63, 3.8) is 0 Å². The number of hydrogen-bond acceptors (Lipinski definition) is 4. The molecule has 0 aromatic rings. The normalized spacial score (nSPS) is 32.6. The lowest BCUT2D eigenvalue weighted by molar-refractivity contribution is 0.0671. The number of halogens is 1. The number of nitriles is 1. The van der Waals surface area contributed by atoms with Crippen LogP contribution in [0.3, 0.4) is 0 Å². The molecule has 1 unspecified atom stereocenters. The summed E-state index contributed by atoms with van der Waals surface area (Å²) in [5.41, 5.74) is 0. The summed E-state index contributed by atoms with van der Waals surface area (Å²) in [4.78, 5) is 5.49. The fourth-order valence-electron chi connectivity index (χ4n) is 1.78.